The molecule has 1 fully saturated rings. The lowest BCUT2D eigenvalue weighted by atomic mass is 10.3. The highest BCUT2D eigenvalue weighted by molar-refractivity contribution is 7.89. The Hall–Kier alpha value is -2.32. The molecule has 1 saturated heterocycles. The predicted octanol–water partition coefficient (Wildman–Crippen LogP) is 2.46. The smallest absolute Gasteiger partial charge is 0.272 e. The normalized spacial score (nSPS) is 15.2. The second-order valence-electron chi connectivity index (χ2n) is 6.19. The van der Waals surface area contributed by atoms with E-state index in [2.05, 4.69) is 5.32 Å². The van der Waals surface area contributed by atoms with Gasteiger partial charge < -0.3 is 14.6 Å². The maximum Gasteiger partial charge on any atom is 0.272 e. The van der Waals surface area contributed by atoms with Gasteiger partial charge in [0.25, 0.3) is 5.91 Å². The van der Waals surface area contributed by atoms with Crippen LogP contribution in [0.1, 0.15) is 30.3 Å². The Labute approximate surface area is 153 Å². The Morgan fingerprint density at radius 2 is 1.85 bits per heavy atom. The molecule has 8 heteroatoms. The Kier molecular flexibility index (Phi) is 5.33. The topological polar surface area (TPSA) is 80.6 Å². The van der Waals surface area contributed by atoms with Crippen molar-refractivity contribution in [1.82, 2.24) is 8.87 Å². The van der Waals surface area contributed by atoms with E-state index in [1.54, 1.807) is 31.3 Å². The number of aromatic nitrogens is 1. The van der Waals surface area contributed by atoms with E-state index >= 15 is 0 Å². The van der Waals surface area contributed by atoms with Crippen LogP contribution >= 0.6 is 0 Å². The van der Waals surface area contributed by atoms with Gasteiger partial charge in [0.2, 0.25) is 10.0 Å². The zero-order valence-corrected chi connectivity index (χ0v) is 15.8. The van der Waals surface area contributed by atoms with Crippen molar-refractivity contribution in [1.29, 1.82) is 0 Å². The van der Waals surface area contributed by atoms with E-state index in [-0.39, 0.29) is 16.5 Å². The van der Waals surface area contributed by atoms with Crippen molar-refractivity contribution in [2.24, 2.45) is 7.05 Å². The summed E-state index contributed by atoms with van der Waals surface area (Å²) < 4.78 is 33.7. The molecule has 0 aliphatic carbocycles. The Balaban J connectivity index is 1.76. The lowest BCUT2D eigenvalue weighted by molar-refractivity contribution is 0.101. The van der Waals surface area contributed by atoms with Gasteiger partial charge in [-0.05, 0) is 50.1 Å². The zero-order chi connectivity index (χ0) is 18.7. The van der Waals surface area contributed by atoms with Crippen molar-refractivity contribution in [3.63, 3.8) is 0 Å². The Morgan fingerprint density at radius 1 is 1.19 bits per heavy atom. The molecular weight excluding hydrogens is 354 g/mol. The van der Waals surface area contributed by atoms with Gasteiger partial charge in [0.15, 0.2) is 0 Å². The van der Waals surface area contributed by atoms with Crippen LogP contribution in [0.2, 0.25) is 0 Å². The molecule has 0 radical (unpaired) electrons. The van der Waals surface area contributed by atoms with Crippen LogP contribution in [-0.4, -0.2) is 42.9 Å². The second kappa shape index (κ2) is 7.51. The number of hydrogen-bond donors (Lipinski definition) is 1. The molecule has 1 aromatic heterocycles. The van der Waals surface area contributed by atoms with Gasteiger partial charge in [-0.2, -0.15) is 4.31 Å². The second-order valence-corrected chi connectivity index (χ2v) is 8.13. The number of carbonyl (C=O) groups is 1. The lowest BCUT2D eigenvalue weighted by Gasteiger charge is -2.13. The number of nitrogens with one attached hydrogen (secondary N) is 1. The maximum atomic E-state index is 12.6. The van der Waals surface area contributed by atoms with Gasteiger partial charge in [0, 0.05) is 32.0 Å². The summed E-state index contributed by atoms with van der Waals surface area (Å²) in [7, 11) is -1.88. The Bertz CT molecular complexity index is 882. The molecule has 3 rings (SSSR count). The number of anilines is 1. The first-order valence-corrected chi connectivity index (χ1v) is 10.1. The number of nitrogens with zero attached hydrogens (tertiary/aromatic N) is 2. The molecular formula is C18H23N3O4S. The zero-order valence-electron chi connectivity index (χ0n) is 14.9. The summed E-state index contributed by atoms with van der Waals surface area (Å²) in [6.45, 7) is 3.54. The molecule has 0 atom stereocenters. The van der Waals surface area contributed by atoms with Crippen LogP contribution in [0.15, 0.2) is 41.4 Å². The summed E-state index contributed by atoms with van der Waals surface area (Å²) in [4.78, 5) is 12.7. The fourth-order valence-electron chi connectivity index (χ4n) is 2.97. The van der Waals surface area contributed by atoms with Crippen molar-refractivity contribution < 1.29 is 17.9 Å². The van der Waals surface area contributed by atoms with Gasteiger partial charge in [0.05, 0.1) is 6.61 Å². The first kappa shape index (κ1) is 18.5. The third-order valence-electron chi connectivity index (χ3n) is 4.34. The molecule has 1 aliphatic rings. The fourth-order valence-corrected chi connectivity index (χ4v) is 4.56. The van der Waals surface area contributed by atoms with E-state index < -0.39 is 10.0 Å². The summed E-state index contributed by atoms with van der Waals surface area (Å²) >= 11 is 0. The first-order chi connectivity index (χ1) is 12.4. The van der Waals surface area contributed by atoms with Crippen LogP contribution in [0.25, 0.3) is 0 Å². The van der Waals surface area contributed by atoms with Gasteiger partial charge in [-0.25, -0.2) is 8.42 Å². The molecule has 0 unspecified atom stereocenters. The highest BCUT2D eigenvalue weighted by Crippen LogP contribution is 2.23. The van der Waals surface area contributed by atoms with Crippen LogP contribution in [0.4, 0.5) is 5.69 Å². The number of benzene rings is 1. The van der Waals surface area contributed by atoms with E-state index in [0.29, 0.717) is 25.4 Å². The molecule has 0 saturated carbocycles. The van der Waals surface area contributed by atoms with Crippen molar-refractivity contribution in [3.05, 3.63) is 42.2 Å². The number of hydrogen-bond acceptors (Lipinski definition) is 4. The van der Waals surface area contributed by atoms with E-state index in [0.717, 1.165) is 18.6 Å². The summed E-state index contributed by atoms with van der Waals surface area (Å²) in [5, 5.41) is 2.78. The molecule has 1 amide bonds. The average molecular weight is 377 g/mol. The van der Waals surface area contributed by atoms with E-state index in [1.807, 2.05) is 6.92 Å². The third kappa shape index (κ3) is 3.76. The van der Waals surface area contributed by atoms with Gasteiger partial charge in [-0.1, -0.05) is 0 Å². The van der Waals surface area contributed by atoms with Crippen LogP contribution in [0.3, 0.4) is 0 Å². The quantitative estimate of drug-likeness (QED) is 0.839. The summed E-state index contributed by atoms with van der Waals surface area (Å²) in [5.74, 6) is 0.364. The van der Waals surface area contributed by atoms with Crippen LogP contribution < -0.4 is 10.1 Å². The number of aryl methyl sites for hydroxylation is 1. The summed E-state index contributed by atoms with van der Waals surface area (Å²) in [5.41, 5.74) is 0.903. The molecule has 1 N–H and O–H groups in total. The van der Waals surface area contributed by atoms with E-state index in [1.165, 1.54) is 21.1 Å². The molecule has 2 aromatic rings. The summed E-state index contributed by atoms with van der Waals surface area (Å²) in [6, 6.07) is 8.46. The van der Waals surface area contributed by atoms with Crippen molar-refractivity contribution in [3.8, 4) is 5.75 Å². The maximum absolute atomic E-state index is 12.6. The standard InChI is InChI=1S/C18H23N3O4S/c1-3-25-15-8-6-14(7-9-15)19-18(22)17-12-16(13-20(17)2)26(23,24)21-10-4-5-11-21/h6-9,12-13H,3-5,10-11H2,1-2H3,(H,19,22). The molecule has 7 nitrogen and oxygen atoms in total. The summed E-state index contributed by atoms with van der Waals surface area (Å²) in [6.07, 6.45) is 3.23. The number of carbonyl (C=O) groups excluding carboxylic acids is 1. The van der Waals surface area contributed by atoms with Gasteiger partial charge >= 0.3 is 0 Å². The van der Waals surface area contributed by atoms with E-state index in [4.69, 9.17) is 4.74 Å². The van der Waals surface area contributed by atoms with Crippen molar-refractivity contribution >= 4 is 21.6 Å². The number of amides is 1. The minimum absolute atomic E-state index is 0.152. The van der Waals surface area contributed by atoms with Crippen LogP contribution in [0, 0.1) is 0 Å². The van der Waals surface area contributed by atoms with Crippen molar-refractivity contribution in [2.75, 3.05) is 25.0 Å². The van der Waals surface area contributed by atoms with Gasteiger partial charge in [-0.3, -0.25) is 4.79 Å². The molecule has 2 heterocycles. The first-order valence-electron chi connectivity index (χ1n) is 8.62. The van der Waals surface area contributed by atoms with E-state index in [9.17, 15) is 13.2 Å². The minimum atomic E-state index is -3.54. The van der Waals surface area contributed by atoms with Gasteiger partial charge in [-0.15, -0.1) is 0 Å². The molecule has 0 bridgehead atoms. The fraction of sp³-hybridized carbons (Fsp3) is 0.389. The van der Waals surface area contributed by atoms with Gasteiger partial charge in [0.1, 0.15) is 16.3 Å². The monoisotopic (exact) mass is 377 g/mol. The predicted molar refractivity (Wildman–Crippen MR) is 99.0 cm³/mol. The number of sulfonamides is 1. The largest absolute Gasteiger partial charge is 0.494 e. The highest BCUT2D eigenvalue weighted by atomic mass is 32.2. The third-order valence-corrected chi connectivity index (χ3v) is 6.20. The Morgan fingerprint density at radius 3 is 2.46 bits per heavy atom. The molecule has 1 aliphatic heterocycles. The van der Waals surface area contributed by atoms with Crippen LogP contribution in [-0.2, 0) is 17.1 Å². The molecule has 1 aromatic carbocycles. The molecule has 26 heavy (non-hydrogen) atoms. The minimum Gasteiger partial charge on any atom is -0.494 e. The number of ether oxygens (including phenoxy) is 1. The number of rotatable bonds is 6. The lowest BCUT2D eigenvalue weighted by Crippen LogP contribution is -2.27. The van der Waals surface area contributed by atoms with Crippen molar-refractivity contribution in [2.45, 2.75) is 24.7 Å². The highest BCUT2D eigenvalue weighted by Gasteiger charge is 2.29. The molecule has 140 valence electrons. The van der Waals surface area contributed by atoms with Crippen LogP contribution in [0.5, 0.6) is 5.75 Å². The molecule has 0 spiro atoms. The SMILES string of the molecule is CCOc1ccc(NC(=O)c2cc(S(=O)(=O)N3CCCC3)cn2C)cc1. The average Bonchev–Trinajstić information content (AvgIpc) is 3.27.